The first-order valence-corrected chi connectivity index (χ1v) is 5.45. The number of anilines is 1. The highest BCUT2D eigenvalue weighted by Crippen LogP contribution is 2.24. The predicted molar refractivity (Wildman–Crippen MR) is 66.4 cm³/mol. The minimum Gasteiger partial charge on any atom is -0.306 e. The molecule has 86 valence electrons. The zero-order chi connectivity index (χ0) is 12.3. The Balaban J connectivity index is 2.27. The predicted octanol–water partition coefficient (Wildman–Crippen LogP) is 3.04. The Morgan fingerprint density at radius 1 is 1.18 bits per heavy atom. The van der Waals surface area contributed by atoms with Crippen molar-refractivity contribution in [1.29, 1.82) is 0 Å². The van der Waals surface area contributed by atoms with Crippen LogP contribution in [-0.4, -0.2) is 15.9 Å². The van der Waals surface area contributed by atoms with Crippen molar-refractivity contribution >= 4 is 34.9 Å². The Labute approximate surface area is 108 Å². The summed E-state index contributed by atoms with van der Waals surface area (Å²) in [6, 6.07) is 6.44. The van der Waals surface area contributed by atoms with E-state index in [0.29, 0.717) is 15.9 Å². The second-order valence-corrected chi connectivity index (χ2v) is 3.96. The summed E-state index contributed by atoms with van der Waals surface area (Å²) >= 11 is 11.8. The number of hydrogen-bond donors (Lipinski definition) is 1. The first-order valence-electron chi connectivity index (χ1n) is 4.70. The Kier molecular flexibility index (Phi) is 3.56. The monoisotopic (exact) mass is 267 g/mol. The van der Waals surface area contributed by atoms with E-state index in [4.69, 9.17) is 23.2 Å². The maximum Gasteiger partial charge on any atom is 0.259 e. The number of nitrogens with zero attached hydrogens (tertiary/aromatic N) is 2. The van der Waals surface area contributed by atoms with E-state index in [-0.39, 0.29) is 5.56 Å². The molecule has 0 saturated heterocycles. The molecular formula is C11H7Cl2N3O. The number of carbonyl (C=O) groups excluding carboxylic acids is 1. The van der Waals surface area contributed by atoms with E-state index in [2.05, 4.69) is 15.3 Å². The van der Waals surface area contributed by atoms with E-state index in [9.17, 15) is 4.79 Å². The molecule has 1 amide bonds. The average molecular weight is 268 g/mol. The molecule has 0 aliphatic heterocycles. The Morgan fingerprint density at radius 3 is 2.47 bits per heavy atom. The van der Waals surface area contributed by atoms with Gasteiger partial charge in [-0.25, -0.2) is 9.97 Å². The van der Waals surface area contributed by atoms with Crippen LogP contribution < -0.4 is 5.32 Å². The Hall–Kier alpha value is -1.65. The van der Waals surface area contributed by atoms with E-state index >= 15 is 0 Å². The number of halogens is 2. The van der Waals surface area contributed by atoms with Gasteiger partial charge in [0.1, 0.15) is 12.1 Å². The number of benzene rings is 1. The van der Waals surface area contributed by atoms with Crippen LogP contribution in [0.4, 0.5) is 5.82 Å². The van der Waals surface area contributed by atoms with Crippen molar-refractivity contribution in [1.82, 2.24) is 9.97 Å². The topological polar surface area (TPSA) is 54.9 Å². The fraction of sp³-hybridized carbons (Fsp3) is 0. The number of rotatable bonds is 2. The molecule has 0 saturated carbocycles. The third-order valence-electron chi connectivity index (χ3n) is 2.01. The van der Waals surface area contributed by atoms with Crippen LogP contribution >= 0.6 is 23.2 Å². The number of carbonyl (C=O) groups is 1. The summed E-state index contributed by atoms with van der Waals surface area (Å²) in [6.07, 6.45) is 2.86. The van der Waals surface area contributed by atoms with Gasteiger partial charge in [-0.2, -0.15) is 0 Å². The third-order valence-corrected chi connectivity index (χ3v) is 2.64. The molecule has 4 nitrogen and oxygen atoms in total. The molecule has 1 aromatic carbocycles. The van der Waals surface area contributed by atoms with Gasteiger partial charge in [0, 0.05) is 6.20 Å². The Bertz CT molecular complexity index is 525. The van der Waals surface area contributed by atoms with E-state index in [1.807, 2.05) is 0 Å². The molecule has 2 rings (SSSR count). The zero-order valence-electron chi connectivity index (χ0n) is 8.52. The van der Waals surface area contributed by atoms with Crippen LogP contribution in [0.3, 0.4) is 0 Å². The van der Waals surface area contributed by atoms with Crippen molar-refractivity contribution in [2.24, 2.45) is 0 Å². The molecule has 1 heterocycles. The van der Waals surface area contributed by atoms with Crippen molar-refractivity contribution in [2.45, 2.75) is 0 Å². The fourth-order valence-electron chi connectivity index (χ4n) is 1.26. The van der Waals surface area contributed by atoms with Crippen LogP contribution in [0.2, 0.25) is 10.0 Å². The van der Waals surface area contributed by atoms with Crippen LogP contribution in [0.25, 0.3) is 0 Å². The molecule has 17 heavy (non-hydrogen) atoms. The van der Waals surface area contributed by atoms with Gasteiger partial charge in [-0.15, -0.1) is 0 Å². The molecule has 0 aliphatic carbocycles. The molecule has 6 heteroatoms. The van der Waals surface area contributed by atoms with Gasteiger partial charge in [0.15, 0.2) is 0 Å². The van der Waals surface area contributed by atoms with E-state index < -0.39 is 5.91 Å². The van der Waals surface area contributed by atoms with Crippen molar-refractivity contribution in [3.05, 3.63) is 52.4 Å². The molecule has 1 aromatic heterocycles. The van der Waals surface area contributed by atoms with Crippen LogP contribution in [0.1, 0.15) is 10.4 Å². The first kappa shape index (κ1) is 11.8. The van der Waals surface area contributed by atoms with E-state index in [1.165, 1.54) is 12.5 Å². The van der Waals surface area contributed by atoms with Crippen LogP contribution in [0, 0.1) is 0 Å². The summed E-state index contributed by atoms with van der Waals surface area (Å²) in [5, 5.41) is 3.17. The average Bonchev–Trinajstić information content (AvgIpc) is 2.30. The fourth-order valence-corrected chi connectivity index (χ4v) is 1.83. The molecule has 0 bridgehead atoms. The van der Waals surface area contributed by atoms with Gasteiger partial charge < -0.3 is 5.32 Å². The van der Waals surface area contributed by atoms with E-state index in [1.54, 1.807) is 24.3 Å². The van der Waals surface area contributed by atoms with Crippen LogP contribution in [-0.2, 0) is 0 Å². The maximum absolute atomic E-state index is 11.9. The molecule has 0 aliphatic rings. The summed E-state index contributed by atoms with van der Waals surface area (Å²) in [5.74, 6) is -0.0136. The second kappa shape index (κ2) is 5.12. The van der Waals surface area contributed by atoms with Gasteiger partial charge in [-0.1, -0.05) is 29.3 Å². The van der Waals surface area contributed by atoms with Crippen LogP contribution in [0.5, 0.6) is 0 Å². The smallest absolute Gasteiger partial charge is 0.259 e. The van der Waals surface area contributed by atoms with Gasteiger partial charge in [0.25, 0.3) is 5.91 Å². The first-order chi connectivity index (χ1) is 8.18. The molecular weight excluding hydrogens is 261 g/mol. The number of hydrogen-bond acceptors (Lipinski definition) is 3. The summed E-state index contributed by atoms with van der Waals surface area (Å²) in [5.41, 5.74) is 0.231. The molecule has 0 radical (unpaired) electrons. The number of aromatic nitrogens is 2. The largest absolute Gasteiger partial charge is 0.306 e. The van der Waals surface area contributed by atoms with Gasteiger partial charge in [0.05, 0.1) is 15.6 Å². The van der Waals surface area contributed by atoms with Crippen molar-refractivity contribution < 1.29 is 4.79 Å². The lowest BCUT2D eigenvalue weighted by Crippen LogP contribution is -2.14. The minimum absolute atomic E-state index is 0.231. The highest BCUT2D eigenvalue weighted by Gasteiger charge is 2.14. The van der Waals surface area contributed by atoms with Crippen molar-refractivity contribution in [3.63, 3.8) is 0 Å². The minimum atomic E-state index is -0.403. The van der Waals surface area contributed by atoms with Crippen molar-refractivity contribution in [2.75, 3.05) is 5.32 Å². The number of amides is 1. The summed E-state index contributed by atoms with van der Waals surface area (Å²) in [7, 11) is 0. The third kappa shape index (κ3) is 2.72. The lowest BCUT2D eigenvalue weighted by molar-refractivity contribution is 0.102. The highest BCUT2D eigenvalue weighted by molar-refractivity contribution is 6.40. The molecule has 1 N–H and O–H groups in total. The van der Waals surface area contributed by atoms with Crippen LogP contribution in [0.15, 0.2) is 36.8 Å². The standard InChI is InChI=1S/C11H7Cl2N3O/c12-7-2-1-3-8(13)10(7)11(17)16-9-4-5-14-6-15-9/h1-6H,(H,14,15,16,17). The molecule has 0 atom stereocenters. The summed E-state index contributed by atoms with van der Waals surface area (Å²) < 4.78 is 0. The normalized spacial score (nSPS) is 10.0. The second-order valence-electron chi connectivity index (χ2n) is 3.15. The van der Waals surface area contributed by atoms with Gasteiger partial charge in [-0.3, -0.25) is 4.79 Å². The highest BCUT2D eigenvalue weighted by atomic mass is 35.5. The van der Waals surface area contributed by atoms with E-state index in [0.717, 1.165) is 0 Å². The maximum atomic E-state index is 11.9. The lowest BCUT2D eigenvalue weighted by Gasteiger charge is -2.07. The number of nitrogens with one attached hydrogen (secondary N) is 1. The van der Waals surface area contributed by atoms with Gasteiger partial charge >= 0.3 is 0 Å². The summed E-state index contributed by atoms with van der Waals surface area (Å²) in [6.45, 7) is 0. The Morgan fingerprint density at radius 2 is 1.88 bits per heavy atom. The molecule has 0 spiro atoms. The SMILES string of the molecule is O=C(Nc1ccncn1)c1c(Cl)cccc1Cl. The molecule has 0 unspecified atom stereocenters. The molecule has 2 aromatic rings. The van der Waals surface area contributed by atoms with Gasteiger partial charge in [-0.05, 0) is 18.2 Å². The quantitative estimate of drug-likeness (QED) is 0.910. The van der Waals surface area contributed by atoms with Crippen molar-refractivity contribution in [3.8, 4) is 0 Å². The molecule has 0 fully saturated rings. The van der Waals surface area contributed by atoms with Gasteiger partial charge in [0.2, 0.25) is 0 Å². The summed E-state index contributed by atoms with van der Waals surface area (Å²) in [4.78, 5) is 19.5. The lowest BCUT2D eigenvalue weighted by atomic mass is 10.2. The zero-order valence-corrected chi connectivity index (χ0v) is 10.0.